The number of primary amides is 1. The maximum atomic E-state index is 14.0. The van der Waals surface area contributed by atoms with Crippen LogP contribution in [0.1, 0.15) is 45.5 Å². The zero-order valence-corrected chi connectivity index (χ0v) is 18.1. The first-order valence-corrected chi connectivity index (χ1v) is 10.5. The summed E-state index contributed by atoms with van der Waals surface area (Å²) < 4.78 is 19.6. The lowest BCUT2D eigenvalue weighted by Gasteiger charge is -2.09. The van der Waals surface area contributed by atoms with Crippen LogP contribution >= 0.6 is 0 Å². The van der Waals surface area contributed by atoms with Crippen LogP contribution in [0.15, 0.2) is 60.7 Å². The second kappa shape index (κ2) is 10.7. The Labute approximate surface area is 183 Å². The molecule has 0 fully saturated rings. The van der Waals surface area contributed by atoms with Gasteiger partial charge in [-0.1, -0.05) is 41.5 Å². The quantitative estimate of drug-likeness (QED) is 0.429. The molecule has 4 nitrogen and oxygen atoms in total. The number of benzene rings is 3. The van der Waals surface area contributed by atoms with Crippen LogP contribution in [0.5, 0.6) is 11.5 Å². The summed E-state index contributed by atoms with van der Waals surface area (Å²) in [7, 11) is 0. The number of carbonyl (C=O) groups excluding carboxylic acids is 1. The third-order valence-electron chi connectivity index (χ3n) is 5.05. The minimum Gasteiger partial charge on any atom is -0.454 e. The van der Waals surface area contributed by atoms with Crippen molar-refractivity contribution in [2.75, 3.05) is 6.54 Å². The van der Waals surface area contributed by atoms with Crippen molar-refractivity contribution in [2.24, 2.45) is 5.73 Å². The molecule has 0 saturated heterocycles. The van der Waals surface area contributed by atoms with Gasteiger partial charge in [-0.25, -0.2) is 4.39 Å². The monoisotopic (exact) mass is 420 g/mol. The molecule has 162 valence electrons. The van der Waals surface area contributed by atoms with Gasteiger partial charge in [0.25, 0.3) is 0 Å². The van der Waals surface area contributed by atoms with E-state index in [4.69, 9.17) is 10.5 Å². The predicted octanol–water partition coefficient (Wildman–Crippen LogP) is 5.45. The van der Waals surface area contributed by atoms with E-state index in [9.17, 15) is 9.18 Å². The molecule has 3 N–H and O–H groups in total. The zero-order chi connectivity index (χ0) is 22.2. The molecule has 5 heteroatoms. The first kappa shape index (κ1) is 22.5. The Morgan fingerprint density at radius 1 is 0.935 bits per heavy atom. The van der Waals surface area contributed by atoms with Gasteiger partial charge in [0.1, 0.15) is 5.75 Å². The van der Waals surface area contributed by atoms with Gasteiger partial charge in [0, 0.05) is 12.1 Å². The molecule has 3 rings (SSSR count). The lowest BCUT2D eigenvalue weighted by Crippen LogP contribution is -2.14. The van der Waals surface area contributed by atoms with E-state index in [1.54, 1.807) is 12.1 Å². The molecule has 0 heterocycles. The van der Waals surface area contributed by atoms with Crippen molar-refractivity contribution in [1.82, 2.24) is 5.32 Å². The Morgan fingerprint density at radius 2 is 1.65 bits per heavy atom. The van der Waals surface area contributed by atoms with Gasteiger partial charge in [0.15, 0.2) is 11.6 Å². The molecule has 1 amide bonds. The van der Waals surface area contributed by atoms with E-state index < -0.39 is 11.7 Å². The molecule has 0 saturated carbocycles. The van der Waals surface area contributed by atoms with Crippen LogP contribution in [0.25, 0.3) is 0 Å². The van der Waals surface area contributed by atoms with Crippen LogP contribution < -0.4 is 15.8 Å². The van der Waals surface area contributed by atoms with Crippen molar-refractivity contribution in [3.63, 3.8) is 0 Å². The summed E-state index contributed by atoms with van der Waals surface area (Å²) >= 11 is 0. The largest absolute Gasteiger partial charge is 0.454 e. The number of ether oxygens (including phenoxy) is 1. The van der Waals surface area contributed by atoms with Gasteiger partial charge in [-0.15, -0.1) is 0 Å². The number of unbranched alkanes of at least 4 members (excludes halogenated alkanes) is 1. The Balaban J connectivity index is 1.40. The fraction of sp³-hybridized carbons (Fsp3) is 0.269. The lowest BCUT2D eigenvalue weighted by atomic mass is 10.0. The van der Waals surface area contributed by atoms with Crippen molar-refractivity contribution in [2.45, 2.75) is 39.7 Å². The normalized spacial score (nSPS) is 10.8. The molecule has 0 spiro atoms. The Hall–Kier alpha value is -3.18. The number of halogens is 1. The lowest BCUT2D eigenvalue weighted by molar-refractivity contribution is 0.1000. The smallest absolute Gasteiger partial charge is 0.248 e. The molecule has 0 aromatic heterocycles. The molecule has 0 unspecified atom stereocenters. The molecular weight excluding hydrogens is 391 g/mol. The molecule has 0 aliphatic rings. The predicted molar refractivity (Wildman–Crippen MR) is 122 cm³/mol. The summed E-state index contributed by atoms with van der Waals surface area (Å²) in [4.78, 5) is 11.1. The molecule has 3 aromatic carbocycles. The number of aryl methyl sites for hydroxylation is 3. The van der Waals surface area contributed by atoms with E-state index in [-0.39, 0.29) is 11.3 Å². The number of amides is 1. The topological polar surface area (TPSA) is 64.3 Å². The number of rotatable bonds is 10. The van der Waals surface area contributed by atoms with Gasteiger partial charge in [-0.05, 0) is 81.1 Å². The van der Waals surface area contributed by atoms with E-state index >= 15 is 0 Å². The van der Waals surface area contributed by atoms with Crippen molar-refractivity contribution in [3.05, 3.63) is 94.3 Å². The third kappa shape index (κ3) is 6.93. The van der Waals surface area contributed by atoms with E-state index in [0.29, 0.717) is 5.75 Å². The summed E-state index contributed by atoms with van der Waals surface area (Å²) in [6, 6.07) is 18.2. The molecule has 31 heavy (non-hydrogen) atoms. The van der Waals surface area contributed by atoms with Crippen LogP contribution in [0, 0.1) is 19.7 Å². The number of carbonyl (C=O) groups is 1. The minimum atomic E-state index is -0.674. The molecule has 0 bridgehead atoms. The third-order valence-corrected chi connectivity index (χ3v) is 5.05. The molecular formula is C26H29FN2O2. The molecule has 0 aliphatic heterocycles. The molecule has 0 aliphatic carbocycles. The average Bonchev–Trinajstić information content (AvgIpc) is 2.72. The fourth-order valence-electron chi connectivity index (χ4n) is 3.56. The van der Waals surface area contributed by atoms with Gasteiger partial charge in [0.05, 0.1) is 0 Å². The summed E-state index contributed by atoms with van der Waals surface area (Å²) in [6.45, 7) is 6.01. The standard InChI is InChI=1S/C26H29FN2O2/c1-18-13-19(2)15-21(14-18)5-3-4-12-29-17-20-6-9-23(10-7-20)31-25-11-8-22(26(28)30)16-24(25)27/h6-11,13-16,29H,3-5,12,17H2,1-2H3,(H2,28,30). The van der Waals surface area contributed by atoms with Gasteiger partial charge >= 0.3 is 0 Å². The Bertz CT molecular complexity index is 1010. The maximum Gasteiger partial charge on any atom is 0.248 e. The first-order valence-electron chi connectivity index (χ1n) is 10.5. The number of hydrogen-bond donors (Lipinski definition) is 2. The van der Waals surface area contributed by atoms with Crippen LogP contribution in [-0.4, -0.2) is 12.5 Å². The van der Waals surface area contributed by atoms with Crippen LogP contribution in [0.3, 0.4) is 0 Å². The molecule has 0 atom stereocenters. The zero-order valence-electron chi connectivity index (χ0n) is 18.1. The second-order valence-corrected chi connectivity index (χ2v) is 7.89. The van der Waals surface area contributed by atoms with E-state index in [2.05, 4.69) is 37.4 Å². The van der Waals surface area contributed by atoms with Crippen LogP contribution in [0.4, 0.5) is 4.39 Å². The second-order valence-electron chi connectivity index (χ2n) is 7.89. The van der Waals surface area contributed by atoms with E-state index in [0.717, 1.165) is 44.0 Å². The van der Waals surface area contributed by atoms with Crippen molar-refractivity contribution in [1.29, 1.82) is 0 Å². The van der Waals surface area contributed by atoms with Crippen LogP contribution in [0.2, 0.25) is 0 Å². The Morgan fingerprint density at radius 3 is 2.29 bits per heavy atom. The van der Waals surface area contributed by atoms with Gasteiger partial charge in [-0.2, -0.15) is 0 Å². The highest BCUT2D eigenvalue weighted by molar-refractivity contribution is 5.92. The molecule has 0 radical (unpaired) electrons. The van der Waals surface area contributed by atoms with Gasteiger partial charge in [-0.3, -0.25) is 4.79 Å². The highest BCUT2D eigenvalue weighted by Crippen LogP contribution is 2.25. The highest BCUT2D eigenvalue weighted by Gasteiger charge is 2.09. The van der Waals surface area contributed by atoms with Crippen molar-refractivity contribution in [3.8, 4) is 11.5 Å². The van der Waals surface area contributed by atoms with Crippen LogP contribution in [-0.2, 0) is 13.0 Å². The number of nitrogens with two attached hydrogens (primary N) is 1. The Kier molecular flexibility index (Phi) is 7.79. The summed E-state index contributed by atoms with van der Waals surface area (Å²) in [5.41, 5.74) is 10.5. The van der Waals surface area contributed by atoms with Crippen molar-refractivity contribution >= 4 is 5.91 Å². The van der Waals surface area contributed by atoms with E-state index in [1.807, 2.05) is 12.1 Å². The summed E-state index contributed by atoms with van der Waals surface area (Å²) in [5, 5.41) is 3.46. The fourth-order valence-corrected chi connectivity index (χ4v) is 3.56. The van der Waals surface area contributed by atoms with Gasteiger partial charge < -0.3 is 15.8 Å². The van der Waals surface area contributed by atoms with Gasteiger partial charge in [0.2, 0.25) is 5.91 Å². The SMILES string of the molecule is Cc1cc(C)cc(CCCCNCc2ccc(Oc3ccc(C(N)=O)cc3F)cc2)c1. The van der Waals surface area contributed by atoms with Crippen molar-refractivity contribution < 1.29 is 13.9 Å². The summed E-state index contributed by atoms with van der Waals surface area (Å²) in [5.74, 6) is -0.710. The molecule has 3 aromatic rings. The number of hydrogen-bond acceptors (Lipinski definition) is 3. The number of nitrogens with one attached hydrogen (secondary N) is 1. The van der Waals surface area contributed by atoms with E-state index in [1.165, 1.54) is 28.8 Å². The average molecular weight is 421 g/mol. The minimum absolute atomic E-state index is 0.0553. The first-order chi connectivity index (χ1) is 14.9. The maximum absolute atomic E-state index is 14.0. The highest BCUT2D eigenvalue weighted by atomic mass is 19.1. The summed E-state index contributed by atoms with van der Waals surface area (Å²) in [6.07, 6.45) is 3.38.